The summed E-state index contributed by atoms with van der Waals surface area (Å²) in [6.45, 7) is 21.1. The van der Waals surface area contributed by atoms with Crippen LogP contribution in [0.3, 0.4) is 0 Å². The number of hydrogen-bond donors (Lipinski definition) is 1. The van der Waals surface area contributed by atoms with E-state index in [9.17, 15) is 38.8 Å². The lowest BCUT2D eigenvalue weighted by atomic mass is 9.89. The third-order valence-corrected chi connectivity index (χ3v) is 31.4. The van der Waals surface area contributed by atoms with Crippen molar-refractivity contribution in [3.05, 3.63) is 469 Å². The smallest absolute Gasteiger partial charge is 0.175 e. The number of pyridine rings is 4. The lowest BCUT2D eigenvalue weighted by Crippen LogP contribution is -2.20. The van der Waals surface area contributed by atoms with Crippen molar-refractivity contribution < 1.29 is 38.8 Å². The fraction of sp³-hybridized carbons (Fsp3) is 0.151. The summed E-state index contributed by atoms with van der Waals surface area (Å²) in [6, 6.07) is 111. The van der Waals surface area contributed by atoms with Crippen molar-refractivity contribution in [1.82, 2.24) is 24.9 Å². The highest BCUT2D eigenvalue weighted by Gasteiger charge is 2.25. The Labute approximate surface area is 877 Å². The van der Waals surface area contributed by atoms with Crippen LogP contribution in [-0.2, 0) is 39.3 Å². The third kappa shape index (κ3) is 26.2. The van der Waals surface area contributed by atoms with E-state index in [1.165, 1.54) is 47.3 Å². The van der Waals surface area contributed by atoms with Gasteiger partial charge in [0.25, 0.3) is 0 Å². The maximum Gasteiger partial charge on any atom is 0.175 e. The molecule has 0 aliphatic carbocycles. The Morgan fingerprint density at radius 2 is 0.531 bits per heavy atom. The van der Waals surface area contributed by atoms with Crippen molar-refractivity contribution in [2.24, 2.45) is 0 Å². The molecule has 0 spiro atoms. The zero-order chi connectivity index (χ0) is 104. The second kappa shape index (κ2) is 45.3. The summed E-state index contributed by atoms with van der Waals surface area (Å²) in [6.07, 6.45) is 22.3. The fourth-order valence-electron chi connectivity index (χ4n) is 17.6. The summed E-state index contributed by atoms with van der Waals surface area (Å²) >= 11 is 13.9. The lowest BCUT2D eigenvalue weighted by molar-refractivity contribution is 0.144. The molecule has 19 rings (SSSR count). The predicted octanol–water partition coefficient (Wildman–Crippen LogP) is 31.6. The van der Waals surface area contributed by atoms with Crippen LogP contribution in [0, 0.1) is 0 Å². The topological polar surface area (TPSA) is 221 Å². The first-order valence-corrected chi connectivity index (χ1v) is 57.5. The van der Waals surface area contributed by atoms with Crippen LogP contribution >= 0.6 is 34.5 Å². The molecule has 0 radical (unpaired) electrons. The molecule has 5 heterocycles. The van der Waals surface area contributed by atoms with E-state index in [1.807, 2.05) is 158 Å². The van der Waals surface area contributed by atoms with Gasteiger partial charge in [0.15, 0.2) is 39.3 Å². The van der Waals surface area contributed by atoms with Gasteiger partial charge >= 0.3 is 0 Å². The molecule has 1 N–H and O–H groups in total. The van der Waals surface area contributed by atoms with Crippen LogP contribution in [0.15, 0.2) is 396 Å². The highest BCUT2D eigenvalue weighted by Crippen LogP contribution is 2.42. The number of fused-ring (bicyclic) bond motifs is 4. The van der Waals surface area contributed by atoms with Crippen molar-refractivity contribution in [2.45, 2.75) is 118 Å². The number of rotatable bonds is 24. The average molecular weight is 2070 g/mol. The molecule has 0 bridgehead atoms. The molecule has 0 saturated heterocycles. The number of thiazole rings is 1. The molecular weight excluding hydrogens is 1960 g/mol. The van der Waals surface area contributed by atoms with Crippen molar-refractivity contribution in [1.29, 1.82) is 0 Å². The SMILES string of the molecule is CC(C)c1cc(-c2cccc(/C=C(/c3ccc(Cl)cc3)c3ccc(S(C)(=O)=O)cc3)c2)c2ncccc2c1.CC(C)c1cc(-c2cccc(/C=C(/c3ccc(S(C)(=O)=O)cc3)C(C)(C)O)c2)c2ncccc2c1.CC(C)c1cc(-c2cccc(/C=C(\c3ccc(Cl)cc3)c3ccc(S(C)(=O)=O)cc3)c2)c2ncccc2c1.CC(C)c1cc(-c2cccc(/C=C(\c3ccc(S(C)(=O)=O)cc3)c3nccs3)c2)c2ncccc2c1. The van der Waals surface area contributed by atoms with Gasteiger partial charge in [0.2, 0.25) is 0 Å². The molecular formula is C126H113Cl2N5O9S5. The van der Waals surface area contributed by atoms with Crippen molar-refractivity contribution in [3.8, 4) is 44.5 Å². The minimum Gasteiger partial charge on any atom is -0.386 e. The van der Waals surface area contributed by atoms with Gasteiger partial charge < -0.3 is 5.11 Å². The molecule has 21 heteroatoms. The first-order chi connectivity index (χ1) is 70.1. The van der Waals surface area contributed by atoms with Crippen molar-refractivity contribution in [2.75, 3.05) is 25.0 Å². The molecule has 0 aliphatic heterocycles. The van der Waals surface area contributed by atoms with E-state index >= 15 is 0 Å². The van der Waals surface area contributed by atoms with Gasteiger partial charge in [-0.05, 0) is 349 Å². The molecule has 0 saturated carbocycles. The van der Waals surface area contributed by atoms with Gasteiger partial charge in [-0.2, -0.15) is 0 Å². The zero-order valence-corrected chi connectivity index (χ0v) is 89.8. The van der Waals surface area contributed by atoms with E-state index in [-0.39, 0.29) is 4.90 Å². The Hall–Kier alpha value is -14.4. The van der Waals surface area contributed by atoms with E-state index in [4.69, 9.17) is 38.2 Å². The van der Waals surface area contributed by atoms with E-state index in [1.54, 1.807) is 92.0 Å². The maximum absolute atomic E-state index is 12.0. The Morgan fingerprint density at radius 1 is 0.286 bits per heavy atom. The number of halogens is 2. The molecule has 0 fully saturated rings. The second-order valence-corrected chi connectivity index (χ2v) is 48.4. The fourth-order valence-corrected chi connectivity index (χ4v) is 21.1. The Kier molecular flexibility index (Phi) is 32.5. The van der Waals surface area contributed by atoms with Crippen LogP contribution in [0.1, 0.15) is 176 Å². The molecule has 147 heavy (non-hydrogen) atoms. The van der Waals surface area contributed by atoms with Crippen molar-refractivity contribution in [3.63, 3.8) is 0 Å². The normalized spacial score (nSPS) is 12.5. The van der Waals surface area contributed by atoms with Crippen LogP contribution < -0.4 is 0 Å². The summed E-state index contributed by atoms with van der Waals surface area (Å²) in [5.41, 5.74) is 29.7. The standard InChI is InChI=1S/2C33H28ClNO2S.C30H26N2O2S2.C30H31NO3S/c2*1-22(2)28-20-27-8-5-17-35-33(27)32(21-28)26-7-4-6-23(18-26)19-31(24-9-13-29(34)14-10-24)25-11-15-30(16-12-25)38(3,36)37;1-20(2)25-18-24-8-5-13-31-29(24)27(19-25)23-7-4-6-21(16-23)17-28(30-32-14-15-35-30)22-9-11-26(12-10-22)36(3,33)34;1-20(2)25-18-24-10-7-15-31-29(24)27(19-25)23-9-6-8-21(16-23)17-28(30(3,4)32)22-11-13-26(14-12-22)35(5,33)34/h2*4-22H,1-3H3;4-20H,1-3H3;6-20,32H,1-5H3/b31-19+;31-19-;28-17+;28-17-. The van der Waals surface area contributed by atoms with E-state index < -0.39 is 45.0 Å². The Balaban J connectivity index is 0.000000140. The lowest BCUT2D eigenvalue weighted by Gasteiger charge is -2.23. The Bertz CT molecular complexity index is 8460. The molecule has 740 valence electrons. The van der Waals surface area contributed by atoms with Gasteiger partial charge in [-0.3, -0.25) is 19.9 Å². The molecule has 0 amide bonds. The molecule has 0 atom stereocenters. The largest absolute Gasteiger partial charge is 0.386 e. The predicted molar refractivity (Wildman–Crippen MR) is 613 cm³/mol. The Morgan fingerprint density at radius 3 is 0.776 bits per heavy atom. The molecule has 5 aromatic heterocycles. The first-order valence-electron chi connectivity index (χ1n) is 48.3. The number of sulfone groups is 4. The van der Waals surface area contributed by atoms with Gasteiger partial charge in [0.1, 0.15) is 5.01 Å². The van der Waals surface area contributed by atoms with Gasteiger partial charge in [-0.15, -0.1) is 11.3 Å². The number of aromatic nitrogens is 5. The number of aliphatic hydroxyl groups is 1. The molecule has 14 nitrogen and oxygen atoms in total. The summed E-state index contributed by atoms with van der Waals surface area (Å²) in [5.74, 6) is 1.58. The zero-order valence-electron chi connectivity index (χ0n) is 84.2. The number of hydrogen-bond acceptors (Lipinski definition) is 15. The minimum atomic E-state index is -3.29. The van der Waals surface area contributed by atoms with Crippen LogP contribution in [0.4, 0.5) is 0 Å². The number of nitrogens with zero attached hydrogens (tertiary/aromatic N) is 5. The highest BCUT2D eigenvalue weighted by atomic mass is 35.5. The van der Waals surface area contributed by atoms with Gasteiger partial charge in [0, 0.05) is 121 Å². The summed E-state index contributed by atoms with van der Waals surface area (Å²) < 4.78 is 95.6. The third-order valence-electron chi connectivity index (χ3n) is 25.6. The van der Waals surface area contributed by atoms with E-state index in [0.717, 1.165) is 165 Å². The van der Waals surface area contributed by atoms with Gasteiger partial charge in [-0.1, -0.05) is 248 Å². The molecule has 19 aromatic rings. The highest BCUT2D eigenvalue weighted by molar-refractivity contribution is 7.91. The van der Waals surface area contributed by atoms with Crippen LogP contribution in [0.5, 0.6) is 0 Å². The summed E-state index contributed by atoms with van der Waals surface area (Å²) in [7, 11) is -13.1. The van der Waals surface area contributed by atoms with Crippen LogP contribution in [0.2, 0.25) is 10.0 Å². The second-order valence-electron chi connectivity index (χ2n) is 38.5. The van der Waals surface area contributed by atoms with E-state index in [2.05, 4.69) is 241 Å². The monoisotopic (exact) mass is 2070 g/mol. The minimum absolute atomic E-state index is 0.253. The molecule has 14 aromatic carbocycles. The van der Waals surface area contributed by atoms with E-state index in [0.29, 0.717) is 54.0 Å². The van der Waals surface area contributed by atoms with Gasteiger partial charge in [0.05, 0.1) is 47.2 Å². The summed E-state index contributed by atoms with van der Waals surface area (Å²) in [5, 5.41) is 19.6. The summed E-state index contributed by atoms with van der Waals surface area (Å²) in [4.78, 5) is 24.4. The maximum atomic E-state index is 12.0. The number of benzene rings is 14. The molecule has 0 aliphatic rings. The quantitative estimate of drug-likeness (QED) is 0.0556. The van der Waals surface area contributed by atoms with Crippen molar-refractivity contribution >= 4 is 164 Å². The molecule has 0 unspecified atom stereocenters. The average Bonchev–Trinajstić information content (AvgIpc) is 0.953. The first kappa shape index (κ1) is 105. The van der Waals surface area contributed by atoms with Crippen LogP contribution in [-0.4, -0.2) is 94.3 Å². The van der Waals surface area contributed by atoms with Gasteiger partial charge in [-0.25, -0.2) is 38.7 Å². The van der Waals surface area contributed by atoms with Crippen LogP contribution in [0.25, 0.3) is 135 Å².